The van der Waals surface area contributed by atoms with Crippen molar-refractivity contribution < 1.29 is 5.11 Å². The Balaban J connectivity index is 1.79. The van der Waals surface area contributed by atoms with Gasteiger partial charge in [-0.15, -0.1) is 0 Å². The molecule has 0 saturated carbocycles. The molecule has 1 atom stereocenters. The van der Waals surface area contributed by atoms with Crippen LogP contribution < -0.4 is 11.1 Å². The Bertz CT molecular complexity index is 1190. The van der Waals surface area contributed by atoms with Gasteiger partial charge in [-0.05, 0) is 47.7 Å². The number of hydrogen-bond acceptors (Lipinski definition) is 6. The van der Waals surface area contributed by atoms with Crippen LogP contribution in [0, 0.1) is 5.41 Å². The van der Waals surface area contributed by atoms with Gasteiger partial charge in [0.15, 0.2) is 0 Å². The lowest BCUT2D eigenvalue weighted by Crippen LogP contribution is -2.15. The third-order valence-corrected chi connectivity index (χ3v) is 5.86. The molecule has 156 valence electrons. The first-order valence-electron chi connectivity index (χ1n) is 9.97. The van der Waals surface area contributed by atoms with Crippen LogP contribution in [0.25, 0.3) is 22.4 Å². The van der Waals surface area contributed by atoms with Gasteiger partial charge in [-0.3, -0.25) is 4.98 Å². The number of thiophene rings is 1. The predicted molar refractivity (Wildman–Crippen MR) is 130 cm³/mol. The van der Waals surface area contributed by atoms with Crippen LogP contribution in [0.2, 0.25) is 0 Å². The molecule has 4 aromatic rings. The molecule has 0 saturated heterocycles. The van der Waals surface area contributed by atoms with Crippen LogP contribution in [0.4, 0.5) is 11.4 Å². The number of nitrogens with zero attached hydrogens (tertiary/aromatic N) is 1. The molecule has 5 nitrogen and oxygen atoms in total. The van der Waals surface area contributed by atoms with Crippen LogP contribution in [0.3, 0.4) is 0 Å². The Morgan fingerprint density at radius 2 is 1.94 bits per heavy atom. The second-order valence-corrected chi connectivity index (χ2v) is 8.13. The van der Waals surface area contributed by atoms with Crippen LogP contribution in [0.15, 0.2) is 77.6 Å². The lowest BCUT2D eigenvalue weighted by Gasteiger charge is -2.19. The summed E-state index contributed by atoms with van der Waals surface area (Å²) in [7, 11) is 0. The monoisotopic (exact) mass is 428 g/mol. The van der Waals surface area contributed by atoms with Crippen molar-refractivity contribution >= 4 is 28.4 Å². The van der Waals surface area contributed by atoms with E-state index < -0.39 is 0 Å². The van der Waals surface area contributed by atoms with Gasteiger partial charge in [0.05, 0.1) is 30.2 Å². The van der Waals surface area contributed by atoms with Gasteiger partial charge in [0.1, 0.15) is 0 Å². The largest absolute Gasteiger partial charge is 0.398 e. The third-order valence-electron chi connectivity index (χ3n) is 5.18. The van der Waals surface area contributed by atoms with E-state index in [4.69, 9.17) is 16.1 Å². The van der Waals surface area contributed by atoms with Crippen molar-refractivity contribution in [2.45, 2.75) is 13.0 Å². The minimum atomic E-state index is -0.242. The van der Waals surface area contributed by atoms with E-state index in [2.05, 4.69) is 10.7 Å². The molecular formula is C25H24N4OS. The van der Waals surface area contributed by atoms with Crippen LogP contribution in [-0.2, 0) is 0 Å². The summed E-state index contributed by atoms with van der Waals surface area (Å²) in [5.74, 6) is 0. The van der Waals surface area contributed by atoms with Crippen molar-refractivity contribution in [3.8, 4) is 22.4 Å². The van der Waals surface area contributed by atoms with Crippen molar-refractivity contribution in [2.75, 3.05) is 17.7 Å². The van der Waals surface area contributed by atoms with Crippen molar-refractivity contribution in [1.82, 2.24) is 4.98 Å². The Kier molecular flexibility index (Phi) is 6.11. The lowest BCUT2D eigenvalue weighted by molar-refractivity contribution is 0.276. The number of pyridine rings is 1. The summed E-state index contributed by atoms with van der Waals surface area (Å²) in [6.45, 7) is 1.70. The molecule has 6 heteroatoms. The van der Waals surface area contributed by atoms with Gasteiger partial charge in [-0.1, -0.05) is 36.4 Å². The summed E-state index contributed by atoms with van der Waals surface area (Å²) in [4.78, 5) is 4.75. The number of benzene rings is 2. The van der Waals surface area contributed by atoms with Gasteiger partial charge >= 0.3 is 0 Å². The second kappa shape index (κ2) is 9.12. The fourth-order valence-electron chi connectivity index (χ4n) is 3.56. The van der Waals surface area contributed by atoms with E-state index in [0.717, 1.165) is 33.6 Å². The lowest BCUT2D eigenvalue weighted by atomic mass is 9.96. The van der Waals surface area contributed by atoms with Crippen molar-refractivity contribution in [3.05, 3.63) is 88.7 Å². The maximum Gasteiger partial charge on any atom is 0.0790 e. The topological polar surface area (TPSA) is 95.0 Å². The average molecular weight is 429 g/mol. The molecule has 0 bridgehead atoms. The Labute approximate surface area is 185 Å². The SMILES string of the molecule is CC(=N)c1cc(-c2cc(NC(CO)c3ccccc3)cnc2-c2ccsc2)ccc1N. The molecule has 31 heavy (non-hydrogen) atoms. The van der Waals surface area contributed by atoms with E-state index in [0.29, 0.717) is 17.0 Å². The maximum absolute atomic E-state index is 9.94. The van der Waals surface area contributed by atoms with E-state index >= 15 is 0 Å². The summed E-state index contributed by atoms with van der Waals surface area (Å²) in [6, 6.07) is 19.4. The van der Waals surface area contributed by atoms with Gasteiger partial charge in [0.25, 0.3) is 0 Å². The second-order valence-electron chi connectivity index (χ2n) is 7.35. The number of nitrogens with two attached hydrogens (primary N) is 1. The molecular weight excluding hydrogens is 404 g/mol. The highest BCUT2D eigenvalue weighted by molar-refractivity contribution is 7.08. The summed E-state index contributed by atoms with van der Waals surface area (Å²) in [5.41, 5.74) is 13.4. The van der Waals surface area contributed by atoms with E-state index in [1.807, 2.05) is 66.0 Å². The molecule has 2 aromatic heterocycles. The molecule has 0 spiro atoms. The van der Waals surface area contributed by atoms with Gasteiger partial charge in [-0.2, -0.15) is 11.3 Å². The van der Waals surface area contributed by atoms with Crippen molar-refractivity contribution in [2.24, 2.45) is 0 Å². The van der Waals surface area contributed by atoms with Crippen LogP contribution in [0.5, 0.6) is 0 Å². The number of nitrogens with one attached hydrogen (secondary N) is 2. The summed E-state index contributed by atoms with van der Waals surface area (Å²) >= 11 is 1.62. The van der Waals surface area contributed by atoms with Crippen LogP contribution >= 0.6 is 11.3 Å². The number of nitrogen functional groups attached to an aromatic ring is 1. The quantitative estimate of drug-likeness (QED) is 0.228. The first-order valence-corrected chi connectivity index (χ1v) is 10.9. The molecule has 0 radical (unpaired) electrons. The molecule has 1 unspecified atom stereocenters. The van der Waals surface area contributed by atoms with Crippen molar-refractivity contribution in [3.63, 3.8) is 0 Å². The molecule has 0 amide bonds. The van der Waals surface area contributed by atoms with Gasteiger partial charge < -0.3 is 21.6 Å². The standard InChI is InChI=1S/C25H24N4OS/c1-16(26)21-11-18(7-8-23(21)27)22-12-20(13-28-25(22)19-9-10-31-15-19)29-24(14-30)17-5-3-2-4-6-17/h2-13,15,24,26,29-30H,14,27H2,1H3. The summed E-state index contributed by atoms with van der Waals surface area (Å²) < 4.78 is 0. The van der Waals surface area contributed by atoms with Crippen LogP contribution in [-0.4, -0.2) is 22.4 Å². The Hall–Kier alpha value is -3.48. The number of anilines is 2. The fourth-order valence-corrected chi connectivity index (χ4v) is 4.20. The van der Waals surface area contributed by atoms with E-state index in [1.54, 1.807) is 24.5 Å². The minimum absolute atomic E-state index is 0.0371. The van der Waals surface area contributed by atoms with Gasteiger partial charge in [0.2, 0.25) is 0 Å². The Morgan fingerprint density at radius 3 is 2.61 bits per heavy atom. The molecule has 2 heterocycles. The van der Waals surface area contributed by atoms with Gasteiger partial charge in [0, 0.05) is 33.5 Å². The average Bonchev–Trinajstić information content (AvgIpc) is 3.33. The molecule has 4 rings (SSSR count). The smallest absolute Gasteiger partial charge is 0.0790 e. The fraction of sp³-hybridized carbons (Fsp3) is 0.120. The number of aliphatic hydroxyl groups excluding tert-OH is 1. The molecule has 0 aliphatic rings. The molecule has 0 aliphatic carbocycles. The normalized spacial score (nSPS) is 11.8. The first-order chi connectivity index (χ1) is 15.1. The predicted octanol–water partition coefficient (Wildman–Crippen LogP) is 5.59. The number of rotatable bonds is 7. The Morgan fingerprint density at radius 1 is 1.13 bits per heavy atom. The highest BCUT2D eigenvalue weighted by atomic mass is 32.1. The zero-order chi connectivity index (χ0) is 21.8. The van der Waals surface area contributed by atoms with Crippen molar-refractivity contribution in [1.29, 1.82) is 5.41 Å². The molecule has 0 fully saturated rings. The highest BCUT2D eigenvalue weighted by Gasteiger charge is 2.15. The number of aliphatic hydroxyl groups is 1. The maximum atomic E-state index is 9.94. The third kappa shape index (κ3) is 4.50. The van der Waals surface area contributed by atoms with E-state index in [1.165, 1.54) is 0 Å². The molecule has 5 N–H and O–H groups in total. The summed E-state index contributed by atoms with van der Waals surface area (Å²) in [5, 5.41) is 25.5. The summed E-state index contributed by atoms with van der Waals surface area (Å²) in [6.07, 6.45) is 1.79. The van der Waals surface area contributed by atoms with E-state index in [-0.39, 0.29) is 12.6 Å². The van der Waals surface area contributed by atoms with Gasteiger partial charge in [-0.25, -0.2) is 0 Å². The number of hydrogen-bond donors (Lipinski definition) is 4. The van der Waals surface area contributed by atoms with Crippen LogP contribution in [0.1, 0.15) is 24.1 Å². The first kappa shape index (κ1) is 20.8. The zero-order valence-corrected chi connectivity index (χ0v) is 18.0. The number of aromatic nitrogens is 1. The van der Waals surface area contributed by atoms with E-state index in [9.17, 15) is 5.11 Å². The highest BCUT2D eigenvalue weighted by Crippen LogP contribution is 2.35. The minimum Gasteiger partial charge on any atom is -0.398 e. The zero-order valence-electron chi connectivity index (χ0n) is 17.2. The molecule has 0 aliphatic heterocycles. The molecule has 2 aromatic carbocycles.